The Labute approximate surface area is 252 Å². The summed E-state index contributed by atoms with van der Waals surface area (Å²) in [5.41, 5.74) is 2.75. The van der Waals surface area contributed by atoms with E-state index in [4.69, 9.17) is 15.2 Å². The average molecular weight is 625 g/mol. The maximum Gasteiger partial charge on any atom is 0.423 e. The van der Waals surface area contributed by atoms with E-state index in [1.807, 2.05) is 0 Å². The number of nitrogens with two attached hydrogens (primary N) is 1. The fourth-order valence-corrected chi connectivity index (χ4v) is 5.22. The van der Waals surface area contributed by atoms with Crippen LogP contribution in [0.2, 0.25) is 0 Å². The highest BCUT2D eigenvalue weighted by molar-refractivity contribution is 7.14. The molecule has 43 heavy (non-hydrogen) atoms. The van der Waals surface area contributed by atoms with Gasteiger partial charge in [-0.2, -0.15) is 17.6 Å². The number of carbonyl (C=O) groups is 2. The van der Waals surface area contributed by atoms with E-state index < -0.39 is 40.6 Å². The van der Waals surface area contributed by atoms with Crippen LogP contribution in [-0.4, -0.2) is 34.9 Å². The largest absolute Gasteiger partial charge is 0.465 e. The van der Waals surface area contributed by atoms with Gasteiger partial charge in [0.1, 0.15) is 5.69 Å². The Morgan fingerprint density at radius 3 is 2.40 bits per heavy atom. The van der Waals surface area contributed by atoms with E-state index in [1.54, 1.807) is 6.07 Å². The van der Waals surface area contributed by atoms with Crippen molar-refractivity contribution in [2.24, 2.45) is 11.7 Å². The summed E-state index contributed by atoms with van der Waals surface area (Å²) in [6, 6.07) is 6.48. The molecule has 234 valence electrons. The summed E-state index contributed by atoms with van der Waals surface area (Å²) < 4.78 is 68.1. The van der Waals surface area contributed by atoms with E-state index in [1.165, 1.54) is 44.4 Å². The maximum absolute atomic E-state index is 15.1. The normalized spacial score (nSPS) is 13.1. The van der Waals surface area contributed by atoms with Crippen molar-refractivity contribution < 1.29 is 36.6 Å². The third-order valence-corrected chi connectivity index (χ3v) is 7.79. The molecule has 2 aromatic heterocycles. The number of carbonyl (C=O) groups excluding carboxylic acids is 2. The SMILES string of the molecule is CCCCCCCCc1ccc(N(C(=O)OC(N)(C(=O)OC)C(C)C)c2nc(-c3cccnc3)c(F)s2)cc1C(F)(F)F. The van der Waals surface area contributed by atoms with Crippen LogP contribution < -0.4 is 10.6 Å². The number of methoxy groups -OCH3 is 1. The summed E-state index contributed by atoms with van der Waals surface area (Å²) in [4.78, 5) is 35.0. The molecular weight excluding hydrogens is 588 g/mol. The van der Waals surface area contributed by atoms with Crippen molar-refractivity contribution in [3.63, 3.8) is 0 Å². The summed E-state index contributed by atoms with van der Waals surface area (Å²) in [6.07, 6.45) is 2.36. The monoisotopic (exact) mass is 624 g/mol. The first-order chi connectivity index (χ1) is 20.3. The molecule has 3 aromatic rings. The van der Waals surface area contributed by atoms with Gasteiger partial charge in [0.25, 0.3) is 5.72 Å². The number of rotatable bonds is 13. The van der Waals surface area contributed by atoms with Gasteiger partial charge in [0.2, 0.25) is 10.3 Å². The van der Waals surface area contributed by atoms with E-state index in [-0.39, 0.29) is 34.1 Å². The summed E-state index contributed by atoms with van der Waals surface area (Å²) in [6.45, 7) is 5.08. The van der Waals surface area contributed by atoms with Crippen LogP contribution in [0.25, 0.3) is 11.3 Å². The third kappa shape index (κ3) is 8.29. The van der Waals surface area contributed by atoms with Crippen molar-refractivity contribution in [1.29, 1.82) is 0 Å². The van der Waals surface area contributed by atoms with Gasteiger partial charge in [-0.1, -0.05) is 70.3 Å². The topological polar surface area (TPSA) is 108 Å². The number of hydrogen-bond donors (Lipinski definition) is 1. The van der Waals surface area contributed by atoms with Crippen LogP contribution in [0.5, 0.6) is 0 Å². The number of esters is 1. The zero-order chi connectivity index (χ0) is 31.8. The van der Waals surface area contributed by atoms with Crippen molar-refractivity contribution >= 4 is 34.2 Å². The van der Waals surface area contributed by atoms with Gasteiger partial charge in [-0.15, -0.1) is 0 Å². The van der Waals surface area contributed by atoms with Crippen LogP contribution in [0.15, 0.2) is 42.7 Å². The molecule has 3 rings (SSSR count). The molecule has 1 unspecified atom stereocenters. The van der Waals surface area contributed by atoms with E-state index in [0.717, 1.165) is 45.3 Å². The van der Waals surface area contributed by atoms with E-state index >= 15 is 4.39 Å². The Morgan fingerprint density at radius 2 is 1.79 bits per heavy atom. The molecule has 2 N–H and O–H groups in total. The maximum atomic E-state index is 15.1. The minimum Gasteiger partial charge on any atom is -0.465 e. The Kier molecular flexibility index (Phi) is 11.6. The molecule has 0 bridgehead atoms. The Morgan fingerprint density at radius 1 is 1.09 bits per heavy atom. The number of thiazole rings is 1. The molecule has 0 aliphatic heterocycles. The lowest BCUT2D eigenvalue weighted by Gasteiger charge is -2.32. The molecule has 0 radical (unpaired) electrons. The van der Waals surface area contributed by atoms with Gasteiger partial charge in [-0.05, 0) is 42.7 Å². The first-order valence-corrected chi connectivity index (χ1v) is 14.8. The number of amides is 1. The van der Waals surface area contributed by atoms with Gasteiger partial charge >= 0.3 is 18.2 Å². The van der Waals surface area contributed by atoms with Crippen LogP contribution in [0, 0.1) is 11.0 Å². The van der Waals surface area contributed by atoms with Crippen LogP contribution in [0.1, 0.15) is 70.4 Å². The zero-order valence-corrected chi connectivity index (χ0v) is 25.4. The minimum atomic E-state index is -4.75. The summed E-state index contributed by atoms with van der Waals surface area (Å²) in [5, 5.41) is -1.15. The highest BCUT2D eigenvalue weighted by Gasteiger charge is 2.45. The number of aryl methyl sites for hydroxylation is 1. The lowest BCUT2D eigenvalue weighted by molar-refractivity contribution is -0.166. The van der Waals surface area contributed by atoms with Gasteiger partial charge < -0.3 is 9.47 Å². The molecule has 0 aliphatic carbocycles. The first-order valence-electron chi connectivity index (χ1n) is 14.0. The van der Waals surface area contributed by atoms with E-state index in [2.05, 4.69) is 16.9 Å². The van der Waals surface area contributed by atoms with Gasteiger partial charge in [0.05, 0.1) is 18.4 Å². The highest BCUT2D eigenvalue weighted by Crippen LogP contribution is 2.40. The third-order valence-electron chi connectivity index (χ3n) is 6.96. The second kappa shape index (κ2) is 14.7. The lowest BCUT2D eigenvalue weighted by atomic mass is 9.99. The highest BCUT2D eigenvalue weighted by atomic mass is 32.1. The van der Waals surface area contributed by atoms with Crippen LogP contribution in [0.3, 0.4) is 0 Å². The Bertz CT molecular complexity index is 1380. The van der Waals surface area contributed by atoms with Crippen molar-refractivity contribution in [2.45, 2.75) is 77.6 Å². The first kappa shape index (κ1) is 33.9. The number of anilines is 2. The molecule has 0 saturated heterocycles. The number of aromatic nitrogens is 2. The number of ether oxygens (including phenoxy) is 2. The predicted molar refractivity (Wildman–Crippen MR) is 156 cm³/mol. The summed E-state index contributed by atoms with van der Waals surface area (Å²) >= 11 is 0.411. The van der Waals surface area contributed by atoms with Gasteiger partial charge in [-0.3, -0.25) is 10.7 Å². The van der Waals surface area contributed by atoms with Crippen molar-refractivity contribution in [2.75, 3.05) is 12.0 Å². The second-order valence-corrected chi connectivity index (χ2v) is 11.3. The molecule has 8 nitrogen and oxygen atoms in total. The number of pyridine rings is 1. The van der Waals surface area contributed by atoms with Crippen LogP contribution in [-0.2, 0) is 26.9 Å². The number of unbranched alkanes of at least 4 members (excludes halogenated alkanes) is 5. The van der Waals surface area contributed by atoms with Crippen molar-refractivity contribution in [3.05, 3.63) is 59.0 Å². The number of nitrogens with zero attached hydrogens (tertiary/aromatic N) is 3. The Balaban J connectivity index is 2.08. The van der Waals surface area contributed by atoms with Gasteiger partial charge in [-0.25, -0.2) is 19.5 Å². The molecule has 0 saturated carbocycles. The summed E-state index contributed by atoms with van der Waals surface area (Å²) in [5.74, 6) is -1.88. The quantitative estimate of drug-likeness (QED) is 0.0888. The standard InChI is InChI=1S/C30H36F4N4O4S/c1-5-6-7-8-9-10-12-20-14-15-22(17-23(20)30(32,33)34)38(28(40)42-29(35,19(2)3)26(39)41-4)27-37-24(25(31)43-27)21-13-11-16-36-18-21/h11,13-19H,5-10,12,35H2,1-4H3. The molecule has 1 aromatic carbocycles. The van der Waals surface area contributed by atoms with Gasteiger partial charge in [0, 0.05) is 23.9 Å². The minimum absolute atomic E-state index is 0.0614. The van der Waals surface area contributed by atoms with E-state index in [9.17, 15) is 22.8 Å². The van der Waals surface area contributed by atoms with Crippen molar-refractivity contribution in [1.82, 2.24) is 9.97 Å². The molecule has 0 fully saturated rings. The van der Waals surface area contributed by atoms with Crippen LogP contribution >= 0.6 is 11.3 Å². The lowest BCUT2D eigenvalue weighted by Crippen LogP contribution is -2.57. The number of halogens is 4. The Hall–Kier alpha value is -3.58. The number of hydrogen-bond acceptors (Lipinski definition) is 8. The number of alkyl halides is 3. The molecule has 1 amide bonds. The molecule has 1 atom stereocenters. The molecular formula is C30H36F4N4O4S. The van der Waals surface area contributed by atoms with Gasteiger partial charge in [0.15, 0.2) is 0 Å². The molecule has 2 heterocycles. The molecule has 0 aliphatic rings. The average Bonchev–Trinajstić information content (AvgIpc) is 3.35. The molecule has 0 spiro atoms. The predicted octanol–water partition coefficient (Wildman–Crippen LogP) is 8.02. The fourth-order valence-electron chi connectivity index (χ4n) is 4.39. The van der Waals surface area contributed by atoms with Crippen LogP contribution in [0.4, 0.5) is 33.2 Å². The van der Waals surface area contributed by atoms with Crippen molar-refractivity contribution in [3.8, 4) is 11.3 Å². The summed E-state index contributed by atoms with van der Waals surface area (Å²) in [7, 11) is 1.05. The molecule has 13 heteroatoms. The smallest absolute Gasteiger partial charge is 0.423 e. The second-order valence-electron chi connectivity index (χ2n) is 10.4. The van der Waals surface area contributed by atoms with E-state index in [0.29, 0.717) is 22.7 Å². The number of benzene rings is 1. The fraction of sp³-hybridized carbons (Fsp3) is 0.467. The zero-order valence-electron chi connectivity index (χ0n) is 24.5.